The standard InChI is InChI=1S/C15H25N3S/c1-4-7-18(15-16-10(2)11(3)19-15)14-8-12-5-6-13(9-14)17-12/h12-14,17H,4-9H2,1-3H3. The number of thiazole rings is 1. The minimum Gasteiger partial charge on any atom is -0.345 e. The zero-order chi connectivity index (χ0) is 13.4. The van der Waals surface area contributed by atoms with Gasteiger partial charge in [0, 0.05) is 29.5 Å². The average molecular weight is 279 g/mol. The second kappa shape index (κ2) is 5.41. The monoisotopic (exact) mass is 279 g/mol. The Kier molecular flexibility index (Phi) is 3.81. The highest BCUT2D eigenvalue weighted by molar-refractivity contribution is 7.15. The highest BCUT2D eigenvalue weighted by atomic mass is 32.1. The van der Waals surface area contributed by atoms with Crippen molar-refractivity contribution >= 4 is 16.5 Å². The van der Waals surface area contributed by atoms with E-state index in [1.165, 1.54) is 47.8 Å². The molecule has 2 bridgehead atoms. The predicted molar refractivity (Wildman–Crippen MR) is 82.2 cm³/mol. The summed E-state index contributed by atoms with van der Waals surface area (Å²) in [6, 6.07) is 2.21. The molecule has 0 aliphatic carbocycles. The van der Waals surface area contributed by atoms with Crippen molar-refractivity contribution in [3.8, 4) is 0 Å². The smallest absolute Gasteiger partial charge is 0.186 e. The van der Waals surface area contributed by atoms with Crippen molar-refractivity contribution in [2.75, 3.05) is 11.4 Å². The Morgan fingerprint density at radius 2 is 1.95 bits per heavy atom. The molecule has 2 aliphatic heterocycles. The normalized spacial score (nSPS) is 29.7. The molecule has 2 saturated heterocycles. The first-order valence-corrected chi connectivity index (χ1v) is 8.45. The molecular formula is C15H25N3S. The van der Waals surface area contributed by atoms with Crippen LogP contribution in [0.3, 0.4) is 0 Å². The van der Waals surface area contributed by atoms with Crippen LogP contribution in [0, 0.1) is 13.8 Å². The zero-order valence-electron chi connectivity index (χ0n) is 12.3. The van der Waals surface area contributed by atoms with Crippen LogP contribution in [0.4, 0.5) is 5.13 Å². The third-order valence-corrected chi connectivity index (χ3v) is 5.73. The maximum atomic E-state index is 4.80. The molecule has 3 heterocycles. The second-order valence-corrected chi connectivity index (χ2v) is 7.28. The fourth-order valence-corrected chi connectivity index (χ4v) is 4.54. The molecule has 106 valence electrons. The van der Waals surface area contributed by atoms with E-state index in [1.54, 1.807) is 0 Å². The van der Waals surface area contributed by atoms with E-state index in [4.69, 9.17) is 4.98 Å². The quantitative estimate of drug-likeness (QED) is 0.917. The summed E-state index contributed by atoms with van der Waals surface area (Å²) < 4.78 is 0. The lowest BCUT2D eigenvalue weighted by atomic mass is 9.98. The summed E-state index contributed by atoms with van der Waals surface area (Å²) >= 11 is 1.87. The molecule has 2 aliphatic rings. The summed E-state index contributed by atoms with van der Waals surface area (Å²) in [5.41, 5.74) is 1.21. The van der Waals surface area contributed by atoms with Gasteiger partial charge in [-0.2, -0.15) is 0 Å². The Balaban J connectivity index is 1.80. The summed E-state index contributed by atoms with van der Waals surface area (Å²) in [7, 11) is 0. The lowest BCUT2D eigenvalue weighted by Gasteiger charge is -2.37. The number of aryl methyl sites for hydroxylation is 2. The minimum absolute atomic E-state index is 0.698. The molecule has 3 nitrogen and oxygen atoms in total. The lowest BCUT2D eigenvalue weighted by Crippen LogP contribution is -2.48. The van der Waals surface area contributed by atoms with Crippen molar-refractivity contribution in [2.45, 2.75) is 71.0 Å². The van der Waals surface area contributed by atoms with Crippen molar-refractivity contribution in [2.24, 2.45) is 0 Å². The molecule has 2 fully saturated rings. The molecule has 1 N–H and O–H groups in total. The molecule has 2 unspecified atom stereocenters. The third kappa shape index (κ3) is 2.65. The van der Waals surface area contributed by atoms with Crippen LogP contribution in [0.15, 0.2) is 0 Å². The molecule has 0 amide bonds. The number of hydrogen-bond donors (Lipinski definition) is 1. The fourth-order valence-electron chi connectivity index (χ4n) is 3.54. The van der Waals surface area contributed by atoms with Gasteiger partial charge in [-0.05, 0) is 46.0 Å². The van der Waals surface area contributed by atoms with Crippen LogP contribution >= 0.6 is 11.3 Å². The van der Waals surface area contributed by atoms with E-state index in [9.17, 15) is 0 Å². The first kappa shape index (κ1) is 13.4. The molecule has 0 spiro atoms. The van der Waals surface area contributed by atoms with Crippen molar-refractivity contribution in [3.05, 3.63) is 10.6 Å². The van der Waals surface area contributed by atoms with Crippen LogP contribution in [-0.2, 0) is 0 Å². The van der Waals surface area contributed by atoms with Crippen LogP contribution in [0.5, 0.6) is 0 Å². The Morgan fingerprint density at radius 1 is 1.26 bits per heavy atom. The first-order chi connectivity index (χ1) is 9.17. The SMILES string of the molecule is CCCN(c1nc(C)c(C)s1)C1CC2CCC(C1)N2. The lowest BCUT2D eigenvalue weighted by molar-refractivity contribution is 0.346. The van der Waals surface area contributed by atoms with E-state index in [1.807, 2.05) is 11.3 Å². The maximum Gasteiger partial charge on any atom is 0.186 e. The van der Waals surface area contributed by atoms with Crippen molar-refractivity contribution < 1.29 is 0 Å². The zero-order valence-corrected chi connectivity index (χ0v) is 13.1. The first-order valence-electron chi connectivity index (χ1n) is 7.64. The molecule has 0 aromatic carbocycles. The van der Waals surface area contributed by atoms with Gasteiger partial charge >= 0.3 is 0 Å². The molecule has 19 heavy (non-hydrogen) atoms. The van der Waals surface area contributed by atoms with Gasteiger partial charge in [0.1, 0.15) is 0 Å². The summed E-state index contributed by atoms with van der Waals surface area (Å²) in [6.45, 7) is 7.74. The van der Waals surface area contributed by atoms with Gasteiger partial charge in [-0.25, -0.2) is 4.98 Å². The average Bonchev–Trinajstić information content (AvgIpc) is 2.89. The molecule has 0 saturated carbocycles. The van der Waals surface area contributed by atoms with E-state index in [-0.39, 0.29) is 0 Å². The Hall–Kier alpha value is -0.610. The van der Waals surface area contributed by atoms with E-state index in [0.717, 1.165) is 18.6 Å². The van der Waals surface area contributed by atoms with Crippen LogP contribution in [0.25, 0.3) is 0 Å². The summed E-state index contributed by atoms with van der Waals surface area (Å²) in [5.74, 6) is 0. The third-order valence-electron chi connectivity index (χ3n) is 4.62. The Bertz CT molecular complexity index is 411. The summed E-state index contributed by atoms with van der Waals surface area (Å²) in [5, 5.41) is 4.99. The van der Waals surface area contributed by atoms with Gasteiger partial charge in [0.2, 0.25) is 0 Å². The number of hydrogen-bond acceptors (Lipinski definition) is 4. The van der Waals surface area contributed by atoms with Crippen LogP contribution in [0.2, 0.25) is 0 Å². The summed E-state index contributed by atoms with van der Waals surface area (Å²) in [4.78, 5) is 8.76. The molecular weight excluding hydrogens is 254 g/mol. The van der Waals surface area contributed by atoms with E-state index < -0.39 is 0 Å². The van der Waals surface area contributed by atoms with Gasteiger partial charge in [0.15, 0.2) is 5.13 Å². The molecule has 3 rings (SSSR count). The van der Waals surface area contributed by atoms with E-state index >= 15 is 0 Å². The summed E-state index contributed by atoms with van der Waals surface area (Å²) in [6.07, 6.45) is 6.55. The van der Waals surface area contributed by atoms with Crippen LogP contribution < -0.4 is 10.2 Å². The van der Waals surface area contributed by atoms with Crippen molar-refractivity contribution in [1.82, 2.24) is 10.3 Å². The van der Waals surface area contributed by atoms with Gasteiger partial charge in [-0.3, -0.25) is 0 Å². The molecule has 1 aromatic rings. The number of piperidine rings is 1. The van der Waals surface area contributed by atoms with Crippen LogP contribution in [-0.4, -0.2) is 29.7 Å². The molecule has 1 aromatic heterocycles. The van der Waals surface area contributed by atoms with Gasteiger partial charge in [0.25, 0.3) is 0 Å². The number of aromatic nitrogens is 1. The Labute approximate surface area is 120 Å². The largest absolute Gasteiger partial charge is 0.345 e. The number of fused-ring (bicyclic) bond motifs is 2. The second-order valence-electron chi connectivity index (χ2n) is 6.09. The van der Waals surface area contributed by atoms with E-state index in [0.29, 0.717) is 6.04 Å². The van der Waals surface area contributed by atoms with Crippen molar-refractivity contribution in [1.29, 1.82) is 0 Å². The number of rotatable bonds is 4. The maximum absolute atomic E-state index is 4.80. The molecule has 0 radical (unpaired) electrons. The minimum atomic E-state index is 0.698. The molecule has 2 atom stereocenters. The number of anilines is 1. The topological polar surface area (TPSA) is 28.2 Å². The highest BCUT2D eigenvalue weighted by Gasteiger charge is 2.36. The van der Waals surface area contributed by atoms with Gasteiger partial charge in [-0.1, -0.05) is 6.92 Å². The van der Waals surface area contributed by atoms with Crippen LogP contribution in [0.1, 0.15) is 49.6 Å². The van der Waals surface area contributed by atoms with Crippen molar-refractivity contribution in [3.63, 3.8) is 0 Å². The Morgan fingerprint density at radius 3 is 2.47 bits per heavy atom. The fraction of sp³-hybridized carbons (Fsp3) is 0.800. The van der Waals surface area contributed by atoms with E-state index in [2.05, 4.69) is 31.0 Å². The van der Waals surface area contributed by atoms with Gasteiger partial charge in [0.05, 0.1) is 5.69 Å². The highest BCUT2D eigenvalue weighted by Crippen LogP contribution is 2.34. The number of nitrogens with zero attached hydrogens (tertiary/aromatic N) is 2. The molecule has 4 heteroatoms. The number of nitrogens with one attached hydrogen (secondary N) is 1. The van der Waals surface area contributed by atoms with Gasteiger partial charge in [-0.15, -0.1) is 11.3 Å². The van der Waals surface area contributed by atoms with Gasteiger partial charge < -0.3 is 10.2 Å². The predicted octanol–water partition coefficient (Wildman–Crippen LogP) is 3.26.